The molecule has 14 heavy (non-hydrogen) atoms. The molecule has 0 saturated carbocycles. The monoisotopic (exact) mass is 200 g/mol. The lowest BCUT2D eigenvalue weighted by Crippen LogP contribution is -2.30. The molecule has 0 bridgehead atoms. The second-order valence-corrected chi connectivity index (χ2v) is 4.08. The molecule has 3 nitrogen and oxygen atoms in total. The maximum Gasteiger partial charge on any atom is 0.0431 e. The van der Waals surface area contributed by atoms with E-state index in [-0.39, 0.29) is 0 Å². The quantitative estimate of drug-likeness (QED) is 0.570. The first-order chi connectivity index (χ1) is 6.93. The van der Waals surface area contributed by atoms with Gasteiger partial charge >= 0.3 is 0 Å². The average Bonchev–Trinajstić information content (AvgIpc) is 2.69. The van der Waals surface area contributed by atoms with Gasteiger partial charge in [-0.3, -0.25) is 0 Å². The summed E-state index contributed by atoms with van der Waals surface area (Å²) in [4.78, 5) is 2.53. The molecule has 84 valence electrons. The predicted molar refractivity (Wildman–Crippen MR) is 59.5 cm³/mol. The first-order valence-corrected chi connectivity index (χ1v) is 5.97. The van der Waals surface area contributed by atoms with Crippen molar-refractivity contribution in [3.8, 4) is 0 Å². The SMILES string of the molecule is OCCCCCNCCN1CCCC1. The fourth-order valence-electron chi connectivity index (χ4n) is 1.91. The molecule has 0 radical (unpaired) electrons. The molecule has 1 aliphatic rings. The third-order valence-corrected chi connectivity index (χ3v) is 2.82. The normalized spacial score (nSPS) is 17.8. The van der Waals surface area contributed by atoms with E-state index in [4.69, 9.17) is 5.11 Å². The summed E-state index contributed by atoms with van der Waals surface area (Å²) in [5, 5.41) is 12.0. The lowest BCUT2D eigenvalue weighted by atomic mass is 10.2. The van der Waals surface area contributed by atoms with E-state index in [0.29, 0.717) is 6.61 Å². The summed E-state index contributed by atoms with van der Waals surface area (Å²) in [5.41, 5.74) is 0. The summed E-state index contributed by atoms with van der Waals surface area (Å²) in [6.45, 7) is 6.37. The molecule has 1 heterocycles. The number of nitrogens with zero attached hydrogens (tertiary/aromatic N) is 1. The van der Waals surface area contributed by atoms with Gasteiger partial charge in [-0.15, -0.1) is 0 Å². The Hall–Kier alpha value is -0.120. The zero-order chi connectivity index (χ0) is 10.1. The van der Waals surface area contributed by atoms with E-state index < -0.39 is 0 Å². The van der Waals surface area contributed by atoms with Gasteiger partial charge in [-0.1, -0.05) is 0 Å². The molecule has 1 aliphatic heterocycles. The van der Waals surface area contributed by atoms with Crippen molar-refractivity contribution in [2.75, 3.05) is 39.3 Å². The molecular weight excluding hydrogens is 176 g/mol. The van der Waals surface area contributed by atoms with Gasteiger partial charge in [-0.2, -0.15) is 0 Å². The van der Waals surface area contributed by atoms with Crippen LogP contribution in [0.25, 0.3) is 0 Å². The largest absolute Gasteiger partial charge is 0.396 e. The van der Waals surface area contributed by atoms with E-state index in [9.17, 15) is 0 Å². The van der Waals surface area contributed by atoms with E-state index in [1.54, 1.807) is 0 Å². The number of rotatable bonds is 8. The van der Waals surface area contributed by atoms with Gasteiger partial charge < -0.3 is 15.3 Å². The minimum absolute atomic E-state index is 0.341. The van der Waals surface area contributed by atoms with Gasteiger partial charge in [-0.05, 0) is 51.7 Å². The number of likely N-dealkylation sites (tertiary alicyclic amines) is 1. The molecular formula is C11H24N2O. The maximum atomic E-state index is 8.59. The Morgan fingerprint density at radius 2 is 1.79 bits per heavy atom. The molecule has 0 amide bonds. The Balaban J connectivity index is 1.75. The highest BCUT2D eigenvalue weighted by molar-refractivity contribution is 4.66. The summed E-state index contributed by atoms with van der Waals surface area (Å²) < 4.78 is 0. The van der Waals surface area contributed by atoms with Gasteiger partial charge in [-0.25, -0.2) is 0 Å². The van der Waals surface area contributed by atoms with Crippen LogP contribution in [-0.4, -0.2) is 49.3 Å². The van der Waals surface area contributed by atoms with Crippen LogP contribution in [-0.2, 0) is 0 Å². The topological polar surface area (TPSA) is 35.5 Å². The van der Waals surface area contributed by atoms with Gasteiger partial charge in [0, 0.05) is 19.7 Å². The molecule has 3 heteroatoms. The van der Waals surface area contributed by atoms with Crippen LogP contribution < -0.4 is 5.32 Å². The third-order valence-electron chi connectivity index (χ3n) is 2.82. The highest BCUT2D eigenvalue weighted by Gasteiger charge is 2.09. The van der Waals surface area contributed by atoms with Gasteiger partial charge in [0.15, 0.2) is 0 Å². The molecule has 0 aromatic heterocycles. The molecule has 1 fully saturated rings. The zero-order valence-corrected chi connectivity index (χ0v) is 9.17. The first kappa shape index (κ1) is 12.0. The van der Waals surface area contributed by atoms with Crippen LogP contribution in [0.3, 0.4) is 0 Å². The van der Waals surface area contributed by atoms with Crippen molar-refractivity contribution in [3.63, 3.8) is 0 Å². The first-order valence-electron chi connectivity index (χ1n) is 5.97. The highest BCUT2D eigenvalue weighted by Crippen LogP contribution is 2.05. The summed E-state index contributed by atoms with van der Waals surface area (Å²) >= 11 is 0. The van der Waals surface area contributed by atoms with Crippen molar-refractivity contribution in [2.45, 2.75) is 32.1 Å². The molecule has 0 atom stereocenters. The average molecular weight is 200 g/mol. The van der Waals surface area contributed by atoms with Crippen LogP contribution in [0.2, 0.25) is 0 Å². The zero-order valence-electron chi connectivity index (χ0n) is 9.17. The predicted octanol–water partition coefficient (Wildman–Crippen LogP) is 0.834. The van der Waals surface area contributed by atoms with Gasteiger partial charge in [0.25, 0.3) is 0 Å². The Bertz CT molecular complexity index is 124. The Kier molecular flexibility index (Phi) is 7.01. The van der Waals surface area contributed by atoms with Crippen LogP contribution in [0.15, 0.2) is 0 Å². The van der Waals surface area contributed by atoms with Crippen LogP contribution >= 0.6 is 0 Å². The number of nitrogens with one attached hydrogen (secondary N) is 1. The minimum atomic E-state index is 0.341. The molecule has 0 unspecified atom stereocenters. The number of hydrogen-bond acceptors (Lipinski definition) is 3. The third kappa shape index (κ3) is 5.58. The molecule has 0 aromatic rings. The van der Waals surface area contributed by atoms with E-state index in [1.165, 1.54) is 38.9 Å². The molecule has 1 rings (SSSR count). The smallest absolute Gasteiger partial charge is 0.0431 e. The van der Waals surface area contributed by atoms with Crippen LogP contribution in [0.4, 0.5) is 0 Å². The van der Waals surface area contributed by atoms with Gasteiger partial charge in [0.05, 0.1) is 0 Å². The Morgan fingerprint density at radius 1 is 1.00 bits per heavy atom. The molecule has 1 saturated heterocycles. The number of hydrogen-bond donors (Lipinski definition) is 2. The molecule has 0 aromatic carbocycles. The van der Waals surface area contributed by atoms with E-state index in [1.807, 2.05) is 0 Å². The highest BCUT2D eigenvalue weighted by atomic mass is 16.2. The number of aliphatic hydroxyl groups is 1. The molecule has 2 N–H and O–H groups in total. The van der Waals surface area contributed by atoms with E-state index in [2.05, 4.69) is 10.2 Å². The standard InChI is InChI=1S/C11H24N2O/c14-11-5-1-2-6-12-7-10-13-8-3-4-9-13/h12,14H,1-11H2. The maximum absolute atomic E-state index is 8.59. The Labute approximate surface area is 87.5 Å². The number of aliphatic hydroxyl groups excluding tert-OH is 1. The summed E-state index contributed by atoms with van der Waals surface area (Å²) in [7, 11) is 0. The van der Waals surface area contributed by atoms with Gasteiger partial charge in [0.1, 0.15) is 0 Å². The van der Waals surface area contributed by atoms with Gasteiger partial charge in [0.2, 0.25) is 0 Å². The van der Waals surface area contributed by atoms with Crippen molar-refractivity contribution in [3.05, 3.63) is 0 Å². The van der Waals surface area contributed by atoms with Crippen LogP contribution in [0, 0.1) is 0 Å². The van der Waals surface area contributed by atoms with Crippen LogP contribution in [0.5, 0.6) is 0 Å². The van der Waals surface area contributed by atoms with E-state index in [0.717, 1.165) is 25.9 Å². The van der Waals surface area contributed by atoms with Crippen molar-refractivity contribution in [1.82, 2.24) is 10.2 Å². The fraction of sp³-hybridized carbons (Fsp3) is 1.00. The fourth-order valence-corrected chi connectivity index (χ4v) is 1.91. The van der Waals surface area contributed by atoms with Crippen LogP contribution in [0.1, 0.15) is 32.1 Å². The lowest BCUT2D eigenvalue weighted by molar-refractivity contribution is 0.282. The lowest BCUT2D eigenvalue weighted by Gasteiger charge is -2.14. The van der Waals surface area contributed by atoms with E-state index >= 15 is 0 Å². The summed E-state index contributed by atoms with van der Waals surface area (Å²) in [6, 6.07) is 0. The molecule has 0 aliphatic carbocycles. The summed E-state index contributed by atoms with van der Waals surface area (Å²) in [5.74, 6) is 0. The number of unbranched alkanes of at least 4 members (excludes halogenated alkanes) is 2. The Morgan fingerprint density at radius 3 is 2.50 bits per heavy atom. The summed E-state index contributed by atoms with van der Waals surface area (Å²) in [6.07, 6.45) is 6.06. The molecule has 0 spiro atoms. The second kappa shape index (κ2) is 8.21. The van der Waals surface area contributed by atoms with Crippen molar-refractivity contribution < 1.29 is 5.11 Å². The van der Waals surface area contributed by atoms with Crippen molar-refractivity contribution in [2.24, 2.45) is 0 Å². The second-order valence-electron chi connectivity index (χ2n) is 4.08. The minimum Gasteiger partial charge on any atom is -0.396 e. The van der Waals surface area contributed by atoms with Crippen molar-refractivity contribution >= 4 is 0 Å². The van der Waals surface area contributed by atoms with Crippen molar-refractivity contribution in [1.29, 1.82) is 0 Å².